The van der Waals surface area contributed by atoms with Gasteiger partial charge in [0.05, 0.1) is 16.9 Å². The summed E-state index contributed by atoms with van der Waals surface area (Å²) >= 11 is 0. The normalized spacial score (nSPS) is 35.6. The van der Waals surface area contributed by atoms with Gasteiger partial charge in [-0.05, 0) is 44.4 Å². The molecule has 4 heteroatoms. The highest BCUT2D eigenvalue weighted by Crippen LogP contribution is 2.55. The molecule has 0 N–H and O–H groups in total. The van der Waals surface area contributed by atoms with Gasteiger partial charge in [-0.15, -0.1) is 0 Å². The molecule has 0 aromatic heterocycles. The molecule has 2 saturated carbocycles. The van der Waals surface area contributed by atoms with Gasteiger partial charge in [-0.3, -0.25) is 0 Å². The summed E-state index contributed by atoms with van der Waals surface area (Å²) in [5.41, 5.74) is -1.84. The van der Waals surface area contributed by atoms with Gasteiger partial charge >= 0.3 is 6.18 Å². The Balaban J connectivity index is 2.00. The second kappa shape index (κ2) is 4.43. The Morgan fingerprint density at radius 3 is 2.28 bits per heavy atom. The molecule has 0 saturated heterocycles. The molecule has 102 valence electrons. The summed E-state index contributed by atoms with van der Waals surface area (Å²) in [5.74, 6) is 0.0781. The summed E-state index contributed by atoms with van der Waals surface area (Å²) in [5, 5.41) is 9.29. The van der Waals surface area contributed by atoms with E-state index in [0.29, 0.717) is 12.8 Å². The molecule has 0 aromatic carbocycles. The molecule has 2 fully saturated rings. The van der Waals surface area contributed by atoms with E-state index in [0.717, 1.165) is 25.7 Å². The lowest BCUT2D eigenvalue weighted by molar-refractivity contribution is -0.216. The minimum Gasteiger partial charge on any atom is -0.198 e. The summed E-state index contributed by atoms with van der Waals surface area (Å²) in [6.07, 6.45) is 1.49. The first-order chi connectivity index (χ1) is 8.30. The Morgan fingerprint density at radius 1 is 1.22 bits per heavy atom. The minimum atomic E-state index is -4.10. The van der Waals surface area contributed by atoms with Crippen LogP contribution in [0.1, 0.15) is 58.3 Å². The second-order valence-electron chi connectivity index (χ2n) is 6.47. The fraction of sp³-hybridized carbons (Fsp3) is 0.929. The summed E-state index contributed by atoms with van der Waals surface area (Å²) < 4.78 is 38.8. The quantitative estimate of drug-likeness (QED) is 0.696. The highest BCUT2D eigenvalue weighted by atomic mass is 19.4. The van der Waals surface area contributed by atoms with E-state index in [2.05, 4.69) is 6.07 Å². The molecule has 1 unspecified atom stereocenters. The molecule has 2 atom stereocenters. The highest BCUT2D eigenvalue weighted by molar-refractivity contribution is 5.04. The number of nitriles is 1. The Morgan fingerprint density at radius 2 is 1.83 bits per heavy atom. The summed E-state index contributed by atoms with van der Waals surface area (Å²) in [4.78, 5) is 0. The lowest BCUT2D eigenvalue weighted by Crippen LogP contribution is -2.32. The Kier molecular flexibility index (Phi) is 3.38. The van der Waals surface area contributed by atoms with Crippen LogP contribution in [0.3, 0.4) is 0 Å². The predicted octanol–water partition coefficient (Wildman–Crippen LogP) is 4.83. The third-order valence-corrected chi connectivity index (χ3v) is 5.01. The second-order valence-corrected chi connectivity index (χ2v) is 6.47. The lowest BCUT2D eigenvalue weighted by Gasteiger charge is -2.29. The Bertz CT molecular complexity index is 349. The van der Waals surface area contributed by atoms with Crippen LogP contribution < -0.4 is 0 Å². The molecule has 0 bridgehead atoms. The third kappa shape index (κ3) is 2.37. The largest absolute Gasteiger partial charge is 0.394 e. The van der Waals surface area contributed by atoms with Crippen molar-refractivity contribution in [3.8, 4) is 6.07 Å². The fourth-order valence-electron chi connectivity index (χ4n) is 3.76. The van der Waals surface area contributed by atoms with Crippen molar-refractivity contribution in [3.05, 3.63) is 0 Å². The molecule has 0 aliphatic heterocycles. The lowest BCUT2D eigenvalue weighted by atomic mass is 9.77. The molecule has 2 aliphatic carbocycles. The zero-order chi connectivity index (χ0) is 13.4. The monoisotopic (exact) mass is 259 g/mol. The summed E-state index contributed by atoms with van der Waals surface area (Å²) in [6, 6.07) is 2.39. The van der Waals surface area contributed by atoms with Crippen LogP contribution in [0.5, 0.6) is 0 Å². The van der Waals surface area contributed by atoms with Crippen LogP contribution in [0.2, 0.25) is 0 Å². The van der Waals surface area contributed by atoms with Crippen molar-refractivity contribution in [1.82, 2.24) is 0 Å². The van der Waals surface area contributed by atoms with Gasteiger partial charge in [0.25, 0.3) is 0 Å². The fourth-order valence-corrected chi connectivity index (χ4v) is 3.76. The Hall–Kier alpha value is -0.720. The number of halogens is 3. The minimum absolute atomic E-state index is 0.0781. The average Bonchev–Trinajstić information content (AvgIpc) is 2.87. The number of alkyl halides is 3. The van der Waals surface area contributed by atoms with E-state index in [1.165, 1.54) is 6.92 Å². The molecule has 0 amide bonds. The first-order valence-electron chi connectivity index (χ1n) is 6.78. The zero-order valence-electron chi connectivity index (χ0n) is 10.8. The smallest absolute Gasteiger partial charge is 0.198 e. The van der Waals surface area contributed by atoms with E-state index < -0.39 is 11.6 Å². The van der Waals surface area contributed by atoms with Gasteiger partial charge in [0.15, 0.2) is 0 Å². The van der Waals surface area contributed by atoms with E-state index >= 15 is 0 Å². The molecular weight excluding hydrogens is 239 g/mol. The maximum Gasteiger partial charge on any atom is 0.394 e. The number of hydrogen-bond donors (Lipinski definition) is 0. The molecule has 2 rings (SSSR count). The van der Waals surface area contributed by atoms with Crippen LogP contribution in [0.15, 0.2) is 0 Å². The van der Waals surface area contributed by atoms with Gasteiger partial charge in [0.1, 0.15) is 0 Å². The van der Waals surface area contributed by atoms with Gasteiger partial charge in [-0.1, -0.05) is 19.8 Å². The van der Waals surface area contributed by atoms with Gasteiger partial charge in [0.2, 0.25) is 0 Å². The van der Waals surface area contributed by atoms with E-state index in [1.807, 2.05) is 0 Å². The number of hydrogen-bond acceptors (Lipinski definition) is 1. The number of rotatable bonds is 2. The first-order valence-corrected chi connectivity index (χ1v) is 6.78. The van der Waals surface area contributed by atoms with E-state index in [-0.39, 0.29) is 24.2 Å². The Labute approximate surface area is 106 Å². The van der Waals surface area contributed by atoms with Crippen molar-refractivity contribution >= 4 is 0 Å². The van der Waals surface area contributed by atoms with Gasteiger partial charge in [-0.2, -0.15) is 18.4 Å². The van der Waals surface area contributed by atoms with E-state index in [9.17, 15) is 18.4 Å². The van der Waals surface area contributed by atoms with Crippen LogP contribution in [-0.2, 0) is 0 Å². The first kappa shape index (κ1) is 13.7. The topological polar surface area (TPSA) is 23.8 Å². The van der Waals surface area contributed by atoms with E-state index in [4.69, 9.17) is 0 Å². The van der Waals surface area contributed by atoms with Crippen molar-refractivity contribution in [2.45, 2.75) is 64.5 Å². The number of nitrogens with zero attached hydrogens (tertiary/aromatic N) is 1. The van der Waals surface area contributed by atoms with E-state index in [1.54, 1.807) is 0 Å². The van der Waals surface area contributed by atoms with Crippen LogP contribution in [0, 0.1) is 28.1 Å². The molecule has 0 spiro atoms. The summed E-state index contributed by atoms with van der Waals surface area (Å²) in [6.45, 7) is 1.33. The maximum absolute atomic E-state index is 12.9. The van der Waals surface area contributed by atoms with Gasteiger partial charge in [-0.25, -0.2) is 0 Å². The van der Waals surface area contributed by atoms with Crippen LogP contribution in [-0.4, -0.2) is 6.18 Å². The average molecular weight is 259 g/mol. The van der Waals surface area contributed by atoms with Gasteiger partial charge in [0, 0.05) is 0 Å². The zero-order valence-corrected chi connectivity index (χ0v) is 10.8. The molecular formula is C14H20F3N. The standard InChI is InChI=1S/C14H20F3N/c1-12(14(15,16)17)7-4-11(8-12)9-13(10-18)5-2-3-6-13/h11H,2-9H2,1H3/t11?,12-/m1/s1. The van der Waals surface area contributed by atoms with Crippen molar-refractivity contribution in [2.24, 2.45) is 16.7 Å². The van der Waals surface area contributed by atoms with Crippen molar-refractivity contribution < 1.29 is 13.2 Å². The third-order valence-electron chi connectivity index (χ3n) is 5.01. The molecule has 0 heterocycles. The van der Waals surface area contributed by atoms with Gasteiger partial charge < -0.3 is 0 Å². The van der Waals surface area contributed by atoms with Crippen LogP contribution in [0.25, 0.3) is 0 Å². The maximum atomic E-state index is 12.9. The van der Waals surface area contributed by atoms with Crippen LogP contribution >= 0.6 is 0 Å². The molecule has 2 aliphatic rings. The van der Waals surface area contributed by atoms with Crippen molar-refractivity contribution in [1.29, 1.82) is 5.26 Å². The molecule has 0 radical (unpaired) electrons. The molecule has 0 aromatic rings. The molecule has 1 nitrogen and oxygen atoms in total. The van der Waals surface area contributed by atoms with Crippen molar-refractivity contribution in [3.63, 3.8) is 0 Å². The highest BCUT2D eigenvalue weighted by Gasteiger charge is 2.55. The predicted molar refractivity (Wildman–Crippen MR) is 62.6 cm³/mol. The molecule has 18 heavy (non-hydrogen) atoms. The summed E-state index contributed by atoms with van der Waals surface area (Å²) in [7, 11) is 0. The van der Waals surface area contributed by atoms with Crippen molar-refractivity contribution in [2.75, 3.05) is 0 Å². The van der Waals surface area contributed by atoms with Crippen LogP contribution in [0.4, 0.5) is 13.2 Å². The SMILES string of the molecule is C[C@@]1(C(F)(F)F)CCC(CC2(C#N)CCCC2)C1.